The van der Waals surface area contributed by atoms with Crippen LogP contribution in [0, 0.1) is 6.92 Å². The lowest BCUT2D eigenvalue weighted by molar-refractivity contribution is -0.137. The van der Waals surface area contributed by atoms with Gasteiger partial charge >= 0.3 is 6.18 Å². The molecule has 164 valence electrons. The van der Waals surface area contributed by atoms with Gasteiger partial charge in [-0.2, -0.15) is 13.2 Å². The predicted molar refractivity (Wildman–Crippen MR) is 110 cm³/mol. The molecule has 31 heavy (non-hydrogen) atoms. The van der Waals surface area contributed by atoms with E-state index in [4.69, 9.17) is 9.78 Å². The highest BCUT2D eigenvalue weighted by Crippen LogP contribution is 2.36. The number of rotatable bonds is 3. The maximum absolute atomic E-state index is 13.2. The minimum Gasteiger partial charge on any atom is -0.372 e. The van der Waals surface area contributed by atoms with E-state index in [9.17, 15) is 13.2 Å². The molecule has 3 heterocycles. The minimum atomic E-state index is -4.41. The van der Waals surface area contributed by atoms with Crippen LogP contribution in [0.4, 0.5) is 13.2 Å². The van der Waals surface area contributed by atoms with Crippen molar-refractivity contribution in [2.75, 3.05) is 13.1 Å². The zero-order chi connectivity index (χ0) is 22.4. The predicted octanol–water partition coefficient (Wildman–Crippen LogP) is 3.43. The Kier molecular flexibility index (Phi) is 7.01. The van der Waals surface area contributed by atoms with Gasteiger partial charge in [0.05, 0.1) is 22.6 Å². The van der Waals surface area contributed by atoms with Gasteiger partial charge in [0.15, 0.2) is 0 Å². The number of nitrogens with zero attached hydrogens (tertiary/aromatic N) is 3. The summed E-state index contributed by atoms with van der Waals surface area (Å²) >= 11 is 0. The van der Waals surface area contributed by atoms with E-state index in [1.54, 1.807) is 25.3 Å². The van der Waals surface area contributed by atoms with E-state index in [0.717, 1.165) is 43.9 Å². The SMILES string of the molecule is Cc1nccc(-c2[nH]c(C3CCNCC3)nc2-c2cccc(C(F)(F)F)c2)n1.NC=O. The number of carbonyl (C=O) groups is 1. The fourth-order valence-corrected chi connectivity index (χ4v) is 3.51. The molecular weight excluding hydrogens is 409 g/mol. The zero-order valence-corrected chi connectivity index (χ0v) is 16.9. The van der Waals surface area contributed by atoms with Crippen LogP contribution in [0.15, 0.2) is 36.5 Å². The van der Waals surface area contributed by atoms with Crippen molar-refractivity contribution in [2.45, 2.75) is 31.9 Å². The lowest BCUT2D eigenvalue weighted by atomic mass is 9.98. The van der Waals surface area contributed by atoms with Crippen LogP contribution in [0.2, 0.25) is 0 Å². The first-order chi connectivity index (χ1) is 14.8. The fraction of sp³-hybridized carbons (Fsp3) is 0.333. The molecule has 4 N–H and O–H groups in total. The number of amides is 1. The second kappa shape index (κ2) is 9.69. The van der Waals surface area contributed by atoms with Gasteiger partial charge in [-0.1, -0.05) is 12.1 Å². The second-order valence-electron chi connectivity index (χ2n) is 7.07. The summed E-state index contributed by atoms with van der Waals surface area (Å²) in [5.74, 6) is 1.62. The molecular formula is C21H23F3N6O. The van der Waals surface area contributed by atoms with Crippen molar-refractivity contribution >= 4 is 6.41 Å². The number of aromatic amines is 1. The van der Waals surface area contributed by atoms with E-state index >= 15 is 0 Å². The number of aromatic nitrogens is 4. The van der Waals surface area contributed by atoms with Crippen molar-refractivity contribution in [1.82, 2.24) is 25.3 Å². The molecule has 1 aliphatic heterocycles. The van der Waals surface area contributed by atoms with Gasteiger partial charge in [0.25, 0.3) is 0 Å². The third-order valence-corrected chi connectivity index (χ3v) is 4.94. The highest BCUT2D eigenvalue weighted by molar-refractivity contribution is 5.77. The number of primary amides is 1. The molecule has 0 aliphatic carbocycles. The standard InChI is InChI=1S/C20H20F3N5.CH3NO/c1-12-25-10-7-16(26-12)18-17(14-3-2-4-15(11-14)20(21,22)23)27-19(28-18)13-5-8-24-9-6-13;2-1-3/h2-4,7,10-11,13,24H,5-6,8-9H2,1H3,(H,27,28);1H,(H2,2,3). The molecule has 10 heteroatoms. The van der Waals surface area contributed by atoms with E-state index in [1.165, 1.54) is 6.07 Å². The van der Waals surface area contributed by atoms with Crippen molar-refractivity contribution < 1.29 is 18.0 Å². The summed E-state index contributed by atoms with van der Waals surface area (Å²) in [6, 6.07) is 7.00. The van der Waals surface area contributed by atoms with Gasteiger partial charge in [0, 0.05) is 17.7 Å². The van der Waals surface area contributed by atoms with E-state index in [1.807, 2.05) is 0 Å². The van der Waals surface area contributed by atoms with E-state index in [0.29, 0.717) is 28.5 Å². The molecule has 7 nitrogen and oxygen atoms in total. The smallest absolute Gasteiger partial charge is 0.372 e. The van der Waals surface area contributed by atoms with Crippen LogP contribution in [-0.2, 0) is 11.0 Å². The number of hydrogen-bond acceptors (Lipinski definition) is 5. The largest absolute Gasteiger partial charge is 0.416 e. The maximum Gasteiger partial charge on any atom is 0.416 e. The normalized spacial score (nSPS) is 14.6. The number of alkyl halides is 3. The molecule has 1 fully saturated rings. The Morgan fingerprint density at radius 1 is 1.16 bits per heavy atom. The van der Waals surface area contributed by atoms with Gasteiger partial charge in [-0.05, 0) is 51.1 Å². The molecule has 1 amide bonds. The topological polar surface area (TPSA) is 110 Å². The molecule has 1 aromatic carbocycles. The van der Waals surface area contributed by atoms with Crippen molar-refractivity contribution in [2.24, 2.45) is 5.73 Å². The summed E-state index contributed by atoms with van der Waals surface area (Å²) in [6.07, 6.45) is -0.663. The number of piperidine rings is 1. The van der Waals surface area contributed by atoms with Crippen LogP contribution in [0.25, 0.3) is 22.6 Å². The summed E-state index contributed by atoms with van der Waals surface area (Å²) in [5.41, 5.74) is 5.61. The van der Waals surface area contributed by atoms with Crippen LogP contribution in [-0.4, -0.2) is 39.4 Å². The Morgan fingerprint density at radius 3 is 2.52 bits per heavy atom. The monoisotopic (exact) mass is 432 g/mol. The van der Waals surface area contributed by atoms with Crippen LogP contribution in [0.3, 0.4) is 0 Å². The number of carbonyl (C=O) groups excluding carboxylic acids is 1. The Morgan fingerprint density at radius 2 is 1.87 bits per heavy atom. The quantitative estimate of drug-likeness (QED) is 0.550. The third-order valence-electron chi connectivity index (χ3n) is 4.94. The lowest BCUT2D eigenvalue weighted by Crippen LogP contribution is -2.27. The summed E-state index contributed by atoms with van der Waals surface area (Å²) < 4.78 is 39.6. The number of hydrogen-bond donors (Lipinski definition) is 3. The number of benzene rings is 1. The molecule has 4 rings (SSSR count). The van der Waals surface area contributed by atoms with Gasteiger partial charge in [0.2, 0.25) is 6.41 Å². The molecule has 2 aromatic heterocycles. The first kappa shape index (κ1) is 22.4. The summed E-state index contributed by atoms with van der Waals surface area (Å²) in [5, 5.41) is 3.31. The average Bonchev–Trinajstić information content (AvgIpc) is 3.20. The second-order valence-corrected chi connectivity index (χ2v) is 7.07. The maximum atomic E-state index is 13.2. The van der Waals surface area contributed by atoms with E-state index in [2.05, 4.69) is 26.0 Å². The van der Waals surface area contributed by atoms with Crippen LogP contribution in [0.1, 0.15) is 36.0 Å². The molecule has 0 bridgehead atoms. The van der Waals surface area contributed by atoms with Gasteiger partial charge < -0.3 is 16.0 Å². The fourth-order valence-electron chi connectivity index (χ4n) is 3.51. The number of halogens is 3. The van der Waals surface area contributed by atoms with Gasteiger partial charge in [-0.25, -0.2) is 15.0 Å². The summed E-state index contributed by atoms with van der Waals surface area (Å²) in [4.78, 5) is 25.2. The van der Waals surface area contributed by atoms with Crippen LogP contribution >= 0.6 is 0 Å². The number of nitrogens with one attached hydrogen (secondary N) is 2. The molecule has 1 saturated heterocycles. The van der Waals surface area contributed by atoms with Gasteiger partial charge in [0.1, 0.15) is 11.6 Å². The third kappa shape index (κ3) is 5.46. The summed E-state index contributed by atoms with van der Waals surface area (Å²) in [7, 11) is 0. The molecule has 0 unspecified atom stereocenters. The molecule has 3 aromatic rings. The minimum absolute atomic E-state index is 0.238. The molecule has 0 saturated carbocycles. The number of aryl methyl sites for hydroxylation is 1. The van der Waals surface area contributed by atoms with Crippen LogP contribution < -0.4 is 11.1 Å². The van der Waals surface area contributed by atoms with Gasteiger partial charge in [-0.3, -0.25) is 4.79 Å². The first-order valence-corrected chi connectivity index (χ1v) is 9.77. The number of H-pyrrole nitrogens is 1. The number of imidazole rings is 1. The highest BCUT2D eigenvalue weighted by Gasteiger charge is 2.31. The van der Waals surface area contributed by atoms with Crippen LogP contribution in [0.5, 0.6) is 0 Å². The lowest BCUT2D eigenvalue weighted by Gasteiger charge is -2.20. The molecule has 0 atom stereocenters. The van der Waals surface area contributed by atoms with Crippen molar-refractivity contribution in [1.29, 1.82) is 0 Å². The van der Waals surface area contributed by atoms with Crippen molar-refractivity contribution in [3.63, 3.8) is 0 Å². The number of nitrogens with two attached hydrogens (primary N) is 1. The molecule has 1 aliphatic rings. The van der Waals surface area contributed by atoms with Crippen molar-refractivity contribution in [3.8, 4) is 22.6 Å². The Balaban J connectivity index is 0.000000858. The Hall–Kier alpha value is -3.27. The molecule has 0 spiro atoms. The van der Waals surface area contributed by atoms with E-state index in [-0.39, 0.29) is 12.3 Å². The first-order valence-electron chi connectivity index (χ1n) is 9.77. The summed E-state index contributed by atoms with van der Waals surface area (Å²) in [6.45, 7) is 3.57. The average molecular weight is 432 g/mol. The van der Waals surface area contributed by atoms with E-state index < -0.39 is 11.7 Å². The van der Waals surface area contributed by atoms with Crippen molar-refractivity contribution in [3.05, 3.63) is 53.7 Å². The Bertz CT molecular complexity index is 1030. The Labute approximate surface area is 177 Å². The highest BCUT2D eigenvalue weighted by atomic mass is 19.4. The molecule has 0 radical (unpaired) electrons. The zero-order valence-electron chi connectivity index (χ0n) is 16.9. The van der Waals surface area contributed by atoms with Gasteiger partial charge in [-0.15, -0.1) is 0 Å².